The van der Waals surface area contributed by atoms with E-state index in [9.17, 15) is 4.79 Å². The lowest BCUT2D eigenvalue weighted by molar-refractivity contribution is -0.121. The van der Waals surface area contributed by atoms with Gasteiger partial charge in [0.2, 0.25) is 5.91 Å². The third kappa shape index (κ3) is 3.55. The molecular formula is C15H23N3O. The van der Waals surface area contributed by atoms with Gasteiger partial charge in [-0.1, -0.05) is 24.3 Å². The summed E-state index contributed by atoms with van der Waals surface area (Å²) in [6, 6.07) is 8.99. The molecule has 0 radical (unpaired) electrons. The van der Waals surface area contributed by atoms with Crippen molar-refractivity contribution in [1.29, 1.82) is 0 Å². The lowest BCUT2D eigenvalue weighted by Crippen LogP contribution is -2.30. The van der Waals surface area contributed by atoms with E-state index in [0.717, 1.165) is 26.1 Å². The number of carbonyl (C=O) groups excluding carboxylic acids is 1. The molecule has 0 spiro atoms. The van der Waals surface area contributed by atoms with Gasteiger partial charge in [-0.05, 0) is 31.1 Å². The number of amides is 1. The highest BCUT2D eigenvalue weighted by atomic mass is 16.1. The standard InChI is InChI=1S/C15H23N3O/c1-16-15(19)8-10-18(2)14-7-9-17-11-12-5-3-4-6-13(12)14/h3-6,14,17H,7-11H2,1-2H3,(H,16,19). The first-order valence-corrected chi connectivity index (χ1v) is 6.91. The molecule has 0 aromatic heterocycles. The molecule has 4 heteroatoms. The predicted molar refractivity (Wildman–Crippen MR) is 76.8 cm³/mol. The van der Waals surface area contributed by atoms with Crippen LogP contribution in [0.2, 0.25) is 0 Å². The Balaban J connectivity index is 2.08. The molecule has 1 heterocycles. The van der Waals surface area contributed by atoms with Crippen molar-refractivity contribution in [1.82, 2.24) is 15.5 Å². The van der Waals surface area contributed by atoms with E-state index in [-0.39, 0.29) is 5.91 Å². The lowest BCUT2D eigenvalue weighted by Gasteiger charge is -2.28. The second kappa shape index (κ2) is 6.68. The topological polar surface area (TPSA) is 44.4 Å². The SMILES string of the molecule is CNC(=O)CCN(C)C1CCNCc2ccccc21. The Bertz CT molecular complexity index is 433. The zero-order valence-corrected chi connectivity index (χ0v) is 11.8. The molecule has 1 aliphatic heterocycles. The van der Waals surface area contributed by atoms with Crippen molar-refractivity contribution < 1.29 is 4.79 Å². The molecule has 1 aromatic carbocycles. The van der Waals surface area contributed by atoms with Crippen LogP contribution in [0.5, 0.6) is 0 Å². The Morgan fingerprint density at radius 3 is 3.05 bits per heavy atom. The van der Waals surface area contributed by atoms with Gasteiger partial charge in [0.05, 0.1) is 0 Å². The number of fused-ring (bicyclic) bond motifs is 1. The Morgan fingerprint density at radius 1 is 1.47 bits per heavy atom. The van der Waals surface area contributed by atoms with Crippen LogP contribution in [-0.2, 0) is 11.3 Å². The fourth-order valence-corrected chi connectivity index (χ4v) is 2.65. The number of benzene rings is 1. The third-order valence-corrected chi connectivity index (χ3v) is 3.83. The maximum atomic E-state index is 11.4. The maximum absolute atomic E-state index is 11.4. The van der Waals surface area contributed by atoms with Gasteiger partial charge in [0.25, 0.3) is 0 Å². The van der Waals surface area contributed by atoms with E-state index < -0.39 is 0 Å². The summed E-state index contributed by atoms with van der Waals surface area (Å²) in [6.45, 7) is 2.75. The van der Waals surface area contributed by atoms with Crippen molar-refractivity contribution in [3.63, 3.8) is 0 Å². The molecule has 0 fully saturated rings. The van der Waals surface area contributed by atoms with Crippen LogP contribution in [0.25, 0.3) is 0 Å². The van der Waals surface area contributed by atoms with Crippen LogP contribution in [-0.4, -0.2) is 38.0 Å². The average molecular weight is 261 g/mol. The van der Waals surface area contributed by atoms with Crippen molar-refractivity contribution in [3.05, 3.63) is 35.4 Å². The monoisotopic (exact) mass is 261 g/mol. The molecule has 0 bridgehead atoms. The van der Waals surface area contributed by atoms with E-state index in [4.69, 9.17) is 0 Å². The summed E-state index contributed by atoms with van der Waals surface area (Å²) in [5.74, 6) is 0.104. The second-order valence-electron chi connectivity index (χ2n) is 5.08. The van der Waals surface area contributed by atoms with E-state index in [2.05, 4.69) is 46.8 Å². The number of rotatable bonds is 4. The van der Waals surface area contributed by atoms with Gasteiger partial charge in [-0.15, -0.1) is 0 Å². The van der Waals surface area contributed by atoms with Crippen LogP contribution >= 0.6 is 0 Å². The van der Waals surface area contributed by atoms with Crippen molar-refractivity contribution in [2.24, 2.45) is 0 Å². The summed E-state index contributed by atoms with van der Waals surface area (Å²) < 4.78 is 0. The minimum Gasteiger partial charge on any atom is -0.359 e. The van der Waals surface area contributed by atoms with Crippen LogP contribution in [0.3, 0.4) is 0 Å². The van der Waals surface area contributed by atoms with Gasteiger partial charge in [-0.2, -0.15) is 0 Å². The van der Waals surface area contributed by atoms with Crippen LogP contribution in [0, 0.1) is 0 Å². The molecule has 1 aliphatic rings. The summed E-state index contributed by atoms with van der Waals surface area (Å²) in [7, 11) is 3.79. The number of hydrogen-bond acceptors (Lipinski definition) is 3. The van der Waals surface area contributed by atoms with E-state index in [1.807, 2.05) is 0 Å². The van der Waals surface area contributed by atoms with E-state index in [1.165, 1.54) is 11.1 Å². The van der Waals surface area contributed by atoms with Crippen LogP contribution in [0.15, 0.2) is 24.3 Å². The van der Waals surface area contributed by atoms with Crippen LogP contribution in [0.4, 0.5) is 0 Å². The summed E-state index contributed by atoms with van der Waals surface area (Å²) in [4.78, 5) is 13.7. The van der Waals surface area contributed by atoms with Crippen LogP contribution < -0.4 is 10.6 Å². The first-order valence-electron chi connectivity index (χ1n) is 6.91. The highest BCUT2D eigenvalue weighted by Crippen LogP contribution is 2.28. The predicted octanol–water partition coefficient (Wildman–Crippen LogP) is 1.29. The highest BCUT2D eigenvalue weighted by Gasteiger charge is 2.21. The quantitative estimate of drug-likeness (QED) is 0.858. The molecule has 2 N–H and O–H groups in total. The molecule has 0 saturated heterocycles. The van der Waals surface area contributed by atoms with Gasteiger partial charge < -0.3 is 10.6 Å². The Morgan fingerprint density at radius 2 is 2.26 bits per heavy atom. The van der Waals surface area contributed by atoms with Gasteiger partial charge in [-0.3, -0.25) is 9.69 Å². The molecule has 1 amide bonds. The molecule has 19 heavy (non-hydrogen) atoms. The molecule has 0 saturated carbocycles. The Hall–Kier alpha value is -1.39. The van der Waals surface area contributed by atoms with Crippen molar-refractivity contribution in [2.75, 3.05) is 27.2 Å². The Labute approximate surface area is 115 Å². The number of nitrogens with zero attached hydrogens (tertiary/aromatic N) is 1. The van der Waals surface area contributed by atoms with E-state index >= 15 is 0 Å². The van der Waals surface area contributed by atoms with Gasteiger partial charge >= 0.3 is 0 Å². The second-order valence-corrected chi connectivity index (χ2v) is 5.08. The normalized spacial score (nSPS) is 18.8. The summed E-state index contributed by atoms with van der Waals surface area (Å²) in [6.07, 6.45) is 1.64. The molecule has 2 rings (SSSR count). The highest BCUT2D eigenvalue weighted by molar-refractivity contribution is 5.75. The fraction of sp³-hybridized carbons (Fsp3) is 0.533. The van der Waals surface area contributed by atoms with Crippen molar-refractivity contribution in [2.45, 2.75) is 25.4 Å². The smallest absolute Gasteiger partial charge is 0.221 e. The van der Waals surface area contributed by atoms with Gasteiger partial charge in [0.1, 0.15) is 0 Å². The zero-order chi connectivity index (χ0) is 13.7. The number of hydrogen-bond donors (Lipinski definition) is 2. The van der Waals surface area contributed by atoms with Crippen molar-refractivity contribution in [3.8, 4) is 0 Å². The average Bonchev–Trinajstić information content (AvgIpc) is 2.66. The van der Waals surface area contributed by atoms with Crippen molar-refractivity contribution >= 4 is 5.91 Å². The van der Waals surface area contributed by atoms with Gasteiger partial charge in [-0.25, -0.2) is 0 Å². The van der Waals surface area contributed by atoms with Gasteiger partial charge in [0, 0.05) is 32.6 Å². The summed E-state index contributed by atoms with van der Waals surface area (Å²) in [5.41, 5.74) is 2.77. The molecule has 4 nitrogen and oxygen atoms in total. The molecular weight excluding hydrogens is 238 g/mol. The fourth-order valence-electron chi connectivity index (χ4n) is 2.65. The van der Waals surface area contributed by atoms with Crippen LogP contribution in [0.1, 0.15) is 30.0 Å². The molecule has 1 atom stereocenters. The molecule has 104 valence electrons. The molecule has 0 aliphatic carbocycles. The largest absolute Gasteiger partial charge is 0.359 e. The minimum absolute atomic E-state index is 0.104. The van der Waals surface area contributed by atoms with Gasteiger partial charge in [0.15, 0.2) is 0 Å². The third-order valence-electron chi connectivity index (χ3n) is 3.83. The first-order chi connectivity index (χ1) is 9.22. The molecule has 1 unspecified atom stereocenters. The zero-order valence-electron chi connectivity index (χ0n) is 11.8. The first kappa shape index (κ1) is 14.0. The maximum Gasteiger partial charge on any atom is 0.221 e. The lowest BCUT2D eigenvalue weighted by atomic mass is 9.98. The number of carbonyl (C=O) groups is 1. The summed E-state index contributed by atoms with van der Waals surface area (Å²) in [5, 5.41) is 6.14. The Kier molecular flexibility index (Phi) is 4.93. The summed E-state index contributed by atoms with van der Waals surface area (Å²) >= 11 is 0. The molecule has 1 aromatic rings. The number of nitrogens with one attached hydrogen (secondary N) is 2. The van der Waals surface area contributed by atoms with E-state index in [1.54, 1.807) is 7.05 Å². The minimum atomic E-state index is 0.104. The van der Waals surface area contributed by atoms with E-state index in [0.29, 0.717) is 12.5 Å².